The van der Waals surface area contributed by atoms with Crippen LogP contribution in [0.2, 0.25) is 0 Å². The van der Waals surface area contributed by atoms with E-state index < -0.39 is 0 Å². The van der Waals surface area contributed by atoms with Crippen LogP contribution < -0.4 is 5.32 Å². The molecular formula is C24H19N3OS3. The molecule has 1 atom stereocenters. The number of hydrogen-bond acceptors (Lipinski definition) is 6. The van der Waals surface area contributed by atoms with Crippen molar-refractivity contribution in [3.8, 4) is 6.07 Å². The molecule has 0 radical (unpaired) electrons. The van der Waals surface area contributed by atoms with E-state index in [4.69, 9.17) is 0 Å². The molecule has 4 nitrogen and oxygen atoms in total. The summed E-state index contributed by atoms with van der Waals surface area (Å²) in [5.41, 5.74) is 4.07. The zero-order valence-corrected chi connectivity index (χ0v) is 19.1. The van der Waals surface area contributed by atoms with Crippen molar-refractivity contribution in [2.45, 2.75) is 29.5 Å². The fraction of sp³-hybridized carbons (Fsp3) is 0.208. The number of benzene rings is 2. The molecule has 0 saturated carbocycles. The van der Waals surface area contributed by atoms with Gasteiger partial charge >= 0.3 is 0 Å². The molecule has 0 spiro atoms. The Balaban J connectivity index is 1.28. The van der Waals surface area contributed by atoms with Gasteiger partial charge in [-0.15, -0.1) is 22.7 Å². The Morgan fingerprint density at radius 1 is 1.16 bits per heavy atom. The lowest BCUT2D eigenvalue weighted by Crippen LogP contribution is -2.14. The number of amides is 1. The van der Waals surface area contributed by atoms with E-state index in [9.17, 15) is 10.1 Å². The number of anilines is 1. The van der Waals surface area contributed by atoms with Crippen LogP contribution in [0.3, 0.4) is 0 Å². The van der Waals surface area contributed by atoms with E-state index in [1.807, 2.05) is 30.3 Å². The van der Waals surface area contributed by atoms with Crippen LogP contribution in [0.4, 0.5) is 5.00 Å². The van der Waals surface area contributed by atoms with Crippen molar-refractivity contribution in [2.24, 2.45) is 0 Å². The maximum Gasteiger partial charge on any atom is 0.235 e. The average Bonchev–Trinajstić information content (AvgIpc) is 3.38. The number of hydrogen-bond donors (Lipinski definition) is 1. The molecular weight excluding hydrogens is 442 g/mol. The minimum absolute atomic E-state index is 0.0982. The maximum absolute atomic E-state index is 12.6. The number of nitrogens with one attached hydrogen (secondary N) is 1. The maximum atomic E-state index is 12.6. The first-order valence-corrected chi connectivity index (χ1v) is 12.7. The molecule has 7 heteroatoms. The fourth-order valence-corrected chi connectivity index (χ4v) is 7.17. The van der Waals surface area contributed by atoms with Crippen molar-refractivity contribution >= 4 is 55.6 Å². The summed E-state index contributed by atoms with van der Waals surface area (Å²) in [5.74, 6) is 0.649. The van der Waals surface area contributed by atoms with Gasteiger partial charge in [0.2, 0.25) is 5.91 Å². The van der Waals surface area contributed by atoms with Gasteiger partial charge in [0.15, 0.2) is 4.34 Å². The van der Waals surface area contributed by atoms with Crippen molar-refractivity contribution < 1.29 is 4.79 Å². The number of carbonyl (C=O) groups excluding carboxylic acids is 1. The summed E-state index contributed by atoms with van der Waals surface area (Å²) in [6.45, 7) is 0. The first-order valence-electron chi connectivity index (χ1n) is 10.1. The first kappa shape index (κ1) is 20.3. The Bertz CT molecular complexity index is 1250. The number of thiazole rings is 1. The summed E-state index contributed by atoms with van der Waals surface area (Å²) in [7, 11) is 0. The van der Waals surface area contributed by atoms with Gasteiger partial charge in [-0.1, -0.05) is 54.2 Å². The molecule has 4 aromatic rings. The van der Waals surface area contributed by atoms with E-state index in [1.54, 1.807) is 22.7 Å². The van der Waals surface area contributed by atoms with Crippen LogP contribution in [0.15, 0.2) is 58.9 Å². The van der Waals surface area contributed by atoms with E-state index in [0.29, 0.717) is 16.5 Å². The van der Waals surface area contributed by atoms with Gasteiger partial charge in [0.25, 0.3) is 0 Å². The van der Waals surface area contributed by atoms with Crippen molar-refractivity contribution in [3.63, 3.8) is 0 Å². The number of thiophene rings is 1. The summed E-state index contributed by atoms with van der Waals surface area (Å²) in [4.78, 5) is 18.4. The highest BCUT2D eigenvalue weighted by Gasteiger charge is 2.27. The third-order valence-electron chi connectivity index (χ3n) is 5.50. The third-order valence-corrected chi connectivity index (χ3v) is 8.85. The van der Waals surface area contributed by atoms with Crippen LogP contribution in [-0.2, 0) is 17.6 Å². The molecule has 154 valence electrons. The molecule has 1 amide bonds. The predicted octanol–water partition coefficient (Wildman–Crippen LogP) is 6.23. The predicted molar refractivity (Wildman–Crippen MR) is 129 cm³/mol. The van der Waals surface area contributed by atoms with Crippen molar-refractivity contribution in [2.75, 3.05) is 11.1 Å². The van der Waals surface area contributed by atoms with Gasteiger partial charge in [-0.05, 0) is 48.4 Å². The number of aromatic nitrogens is 1. The van der Waals surface area contributed by atoms with E-state index >= 15 is 0 Å². The highest BCUT2D eigenvalue weighted by molar-refractivity contribution is 8.01. The Morgan fingerprint density at radius 3 is 2.77 bits per heavy atom. The lowest BCUT2D eigenvalue weighted by atomic mass is 9.83. The van der Waals surface area contributed by atoms with Crippen LogP contribution in [0, 0.1) is 11.3 Å². The number of nitrogens with zero attached hydrogens (tertiary/aromatic N) is 2. The Hall–Kier alpha value is -2.66. The first-order chi connectivity index (χ1) is 15.2. The fourth-order valence-electron chi connectivity index (χ4n) is 4.00. The van der Waals surface area contributed by atoms with Crippen molar-refractivity contribution in [3.05, 3.63) is 76.2 Å². The average molecular weight is 462 g/mol. The molecule has 0 fully saturated rings. The van der Waals surface area contributed by atoms with Gasteiger partial charge in [0, 0.05) is 4.88 Å². The molecule has 2 aromatic carbocycles. The lowest BCUT2D eigenvalue weighted by molar-refractivity contribution is -0.113. The number of para-hydroxylation sites is 1. The quantitative estimate of drug-likeness (QED) is 0.358. The molecule has 1 aliphatic carbocycles. The molecule has 2 heterocycles. The molecule has 2 aromatic heterocycles. The van der Waals surface area contributed by atoms with Crippen LogP contribution in [0.1, 0.15) is 33.9 Å². The summed E-state index contributed by atoms with van der Waals surface area (Å²) < 4.78 is 2.00. The van der Waals surface area contributed by atoms with Crippen LogP contribution >= 0.6 is 34.4 Å². The Morgan fingerprint density at radius 2 is 1.97 bits per heavy atom. The zero-order valence-electron chi connectivity index (χ0n) is 16.6. The molecule has 0 aliphatic heterocycles. The van der Waals surface area contributed by atoms with Crippen LogP contribution in [-0.4, -0.2) is 16.6 Å². The van der Waals surface area contributed by atoms with Gasteiger partial charge < -0.3 is 5.32 Å². The topological polar surface area (TPSA) is 65.8 Å². The minimum atomic E-state index is -0.0982. The second-order valence-electron chi connectivity index (χ2n) is 7.45. The highest BCUT2D eigenvalue weighted by atomic mass is 32.2. The van der Waals surface area contributed by atoms with Gasteiger partial charge in [-0.3, -0.25) is 4.79 Å². The minimum Gasteiger partial charge on any atom is -0.316 e. The summed E-state index contributed by atoms with van der Waals surface area (Å²) in [6, 6.07) is 20.9. The smallest absolute Gasteiger partial charge is 0.235 e. The molecule has 31 heavy (non-hydrogen) atoms. The SMILES string of the molecule is N#Cc1c(NC(=O)CSc2nc3ccccc3s2)sc2c1CC[C@H](c1ccccc1)C2. The number of carbonyl (C=O) groups is 1. The second-order valence-corrected chi connectivity index (χ2v) is 10.8. The molecule has 5 rings (SSSR count). The molecule has 1 N–H and O–H groups in total. The van der Waals surface area contributed by atoms with Gasteiger partial charge in [0.1, 0.15) is 11.1 Å². The summed E-state index contributed by atoms with van der Waals surface area (Å²) in [6.07, 6.45) is 2.84. The molecule has 0 saturated heterocycles. The second kappa shape index (κ2) is 8.83. The lowest BCUT2D eigenvalue weighted by Gasteiger charge is -2.22. The van der Waals surface area contributed by atoms with Gasteiger partial charge in [-0.25, -0.2) is 4.98 Å². The number of rotatable bonds is 5. The number of nitriles is 1. The van der Waals surface area contributed by atoms with Gasteiger partial charge in [-0.2, -0.15) is 5.26 Å². The standard InChI is InChI=1S/C24H19N3OS3/c25-13-18-17-11-10-16(15-6-2-1-3-7-15)12-21(17)30-23(18)27-22(28)14-29-24-26-19-8-4-5-9-20(19)31-24/h1-9,16H,10-12,14H2,(H,27,28)/t16-/m0/s1. The number of fused-ring (bicyclic) bond motifs is 2. The summed E-state index contributed by atoms with van der Waals surface area (Å²) in [5, 5.41) is 13.4. The van der Waals surface area contributed by atoms with Crippen LogP contribution in [0.25, 0.3) is 10.2 Å². The van der Waals surface area contributed by atoms with Crippen molar-refractivity contribution in [1.82, 2.24) is 4.98 Å². The Kier molecular flexibility index (Phi) is 5.77. The third kappa shape index (κ3) is 4.24. The van der Waals surface area contributed by atoms with Crippen molar-refractivity contribution in [1.29, 1.82) is 5.26 Å². The monoisotopic (exact) mass is 461 g/mol. The van der Waals surface area contributed by atoms with E-state index in [-0.39, 0.29) is 11.7 Å². The van der Waals surface area contributed by atoms with E-state index in [0.717, 1.165) is 39.4 Å². The highest BCUT2D eigenvalue weighted by Crippen LogP contribution is 2.42. The molecule has 0 bridgehead atoms. The van der Waals surface area contributed by atoms with Gasteiger partial charge in [0.05, 0.1) is 21.5 Å². The van der Waals surface area contributed by atoms with E-state index in [2.05, 4.69) is 40.6 Å². The largest absolute Gasteiger partial charge is 0.316 e. The summed E-state index contributed by atoms with van der Waals surface area (Å²) >= 11 is 4.59. The normalized spacial score (nSPS) is 15.4. The number of thioether (sulfide) groups is 1. The zero-order chi connectivity index (χ0) is 21.2. The van der Waals surface area contributed by atoms with E-state index in [1.165, 1.54) is 22.2 Å². The Labute approximate surface area is 193 Å². The van der Waals surface area contributed by atoms with Crippen LogP contribution in [0.5, 0.6) is 0 Å². The molecule has 0 unspecified atom stereocenters. The molecule has 1 aliphatic rings.